The van der Waals surface area contributed by atoms with Gasteiger partial charge in [-0.15, -0.1) is 19.4 Å². The fourth-order valence-electron chi connectivity index (χ4n) is 4.21. The summed E-state index contributed by atoms with van der Waals surface area (Å²) in [5, 5.41) is 0. The van der Waals surface area contributed by atoms with Gasteiger partial charge in [-0.2, -0.15) is 0 Å². The molecule has 0 nitrogen and oxygen atoms in total. The molecule has 0 aliphatic heterocycles. The maximum absolute atomic E-state index is 4.00. The van der Waals surface area contributed by atoms with Gasteiger partial charge < -0.3 is 0 Å². The van der Waals surface area contributed by atoms with Crippen LogP contribution in [0.3, 0.4) is 0 Å². The maximum Gasteiger partial charge on any atom is -0.0236 e. The molecule has 2 aliphatic rings. The van der Waals surface area contributed by atoms with E-state index in [1.54, 1.807) is 0 Å². The Morgan fingerprint density at radius 2 is 1.37 bits per heavy atom. The van der Waals surface area contributed by atoms with Crippen LogP contribution in [0.25, 0.3) is 0 Å². The van der Waals surface area contributed by atoms with Gasteiger partial charge in [-0.25, -0.2) is 0 Å². The van der Waals surface area contributed by atoms with Crippen molar-refractivity contribution < 1.29 is 0 Å². The van der Waals surface area contributed by atoms with Crippen molar-refractivity contribution in [2.75, 3.05) is 0 Å². The van der Waals surface area contributed by atoms with Crippen molar-refractivity contribution in [2.45, 2.75) is 71.1 Å². The zero-order valence-corrected chi connectivity index (χ0v) is 12.8. The smallest absolute Gasteiger partial charge is 0.0236 e. The highest BCUT2D eigenvalue weighted by molar-refractivity contribution is 4.87. The molecule has 0 N–H and O–H groups in total. The molecule has 2 rings (SSSR count). The van der Waals surface area contributed by atoms with Gasteiger partial charge in [-0.3, -0.25) is 0 Å². The Labute approximate surface area is 121 Å². The Morgan fingerprint density at radius 3 is 1.79 bits per heavy atom. The molecule has 0 spiro atoms. The first-order valence-electron chi connectivity index (χ1n) is 8.29. The molecular formula is C19H32. The van der Waals surface area contributed by atoms with Gasteiger partial charge in [0.1, 0.15) is 0 Å². The van der Waals surface area contributed by atoms with Crippen LogP contribution in [0.15, 0.2) is 12.7 Å². The van der Waals surface area contributed by atoms with Crippen LogP contribution in [-0.4, -0.2) is 0 Å². The highest BCUT2D eigenvalue weighted by Crippen LogP contribution is 2.42. The third kappa shape index (κ3) is 5.06. The molecule has 0 heteroatoms. The van der Waals surface area contributed by atoms with E-state index in [1.807, 2.05) is 0 Å². The molecule has 0 atom stereocenters. The lowest BCUT2D eigenvalue weighted by molar-refractivity contribution is 0.152. The largest absolute Gasteiger partial charge is 0.124 e. The summed E-state index contributed by atoms with van der Waals surface area (Å²) >= 11 is 0. The molecule has 2 saturated carbocycles. The Morgan fingerprint density at radius 1 is 0.895 bits per heavy atom. The summed E-state index contributed by atoms with van der Waals surface area (Å²) in [6, 6.07) is 0. The van der Waals surface area contributed by atoms with Gasteiger partial charge in [0.05, 0.1) is 0 Å². The van der Waals surface area contributed by atoms with Gasteiger partial charge >= 0.3 is 0 Å². The van der Waals surface area contributed by atoms with Gasteiger partial charge in [0, 0.05) is 0 Å². The lowest BCUT2D eigenvalue weighted by Gasteiger charge is -2.37. The van der Waals surface area contributed by atoms with Crippen LogP contribution in [0.2, 0.25) is 0 Å². The Hall–Kier alpha value is -0.700. The molecule has 0 radical (unpaired) electrons. The molecule has 19 heavy (non-hydrogen) atoms. The molecule has 0 bridgehead atoms. The van der Waals surface area contributed by atoms with Crippen LogP contribution in [0, 0.1) is 36.5 Å². The zero-order valence-electron chi connectivity index (χ0n) is 12.8. The van der Waals surface area contributed by atoms with E-state index in [4.69, 9.17) is 0 Å². The molecular weight excluding hydrogens is 228 g/mol. The van der Waals surface area contributed by atoms with Gasteiger partial charge in [0.15, 0.2) is 0 Å². The normalized spacial score (nSPS) is 34.9. The highest BCUT2D eigenvalue weighted by Gasteiger charge is 2.29. The summed E-state index contributed by atoms with van der Waals surface area (Å²) in [6.45, 7) is 6.29. The Balaban J connectivity index is 0.000000861. The first kappa shape index (κ1) is 16.4. The van der Waals surface area contributed by atoms with Gasteiger partial charge in [-0.05, 0) is 62.2 Å². The average molecular weight is 260 g/mol. The van der Waals surface area contributed by atoms with Crippen molar-refractivity contribution in [1.82, 2.24) is 0 Å². The highest BCUT2D eigenvalue weighted by atomic mass is 14.3. The molecule has 0 aromatic rings. The molecule has 2 aliphatic carbocycles. The van der Waals surface area contributed by atoms with Crippen molar-refractivity contribution in [1.29, 1.82) is 0 Å². The fourth-order valence-corrected chi connectivity index (χ4v) is 4.21. The van der Waals surface area contributed by atoms with E-state index < -0.39 is 0 Å². The maximum atomic E-state index is 4.00. The van der Waals surface area contributed by atoms with Crippen molar-refractivity contribution in [3.63, 3.8) is 0 Å². The van der Waals surface area contributed by atoms with Gasteiger partial charge in [0.25, 0.3) is 0 Å². The van der Waals surface area contributed by atoms with Gasteiger partial charge in [-0.1, -0.05) is 38.7 Å². The number of hydrogen-bond acceptors (Lipinski definition) is 0. The van der Waals surface area contributed by atoms with Crippen LogP contribution >= 0.6 is 0 Å². The van der Waals surface area contributed by atoms with E-state index in [9.17, 15) is 0 Å². The molecule has 108 valence electrons. The Kier molecular flexibility index (Phi) is 7.96. The summed E-state index contributed by atoms with van der Waals surface area (Å²) in [5.74, 6) is 4.05. The molecule has 0 unspecified atom stereocenters. The molecule has 0 aromatic heterocycles. The first-order chi connectivity index (χ1) is 9.33. The van der Waals surface area contributed by atoms with Crippen molar-refractivity contribution in [3.05, 3.63) is 12.7 Å². The van der Waals surface area contributed by atoms with Crippen LogP contribution in [0.4, 0.5) is 0 Å². The number of hydrogen-bond donors (Lipinski definition) is 0. The minimum absolute atomic E-state index is 0.836. The van der Waals surface area contributed by atoms with E-state index in [-0.39, 0.29) is 0 Å². The summed E-state index contributed by atoms with van der Waals surface area (Å²) in [4.78, 5) is 0. The van der Waals surface area contributed by atoms with E-state index in [0.29, 0.717) is 0 Å². The minimum atomic E-state index is 0.836. The average Bonchev–Trinajstić information content (AvgIpc) is 2.51. The van der Waals surface area contributed by atoms with Crippen LogP contribution in [0.5, 0.6) is 0 Å². The monoisotopic (exact) mass is 260 g/mol. The second kappa shape index (κ2) is 9.24. The third-order valence-corrected chi connectivity index (χ3v) is 5.40. The van der Waals surface area contributed by atoms with Crippen LogP contribution in [-0.2, 0) is 0 Å². The van der Waals surface area contributed by atoms with Crippen molar-refractivity contribution in [3.8, 4) is 12.8 Å². The van der Waals surface area contributed by atoms with Crippen LogP contribution < -0.4 is 0 Å². The fraction of sp³-hybridized carbons (Fsp3) is 0.789. The Bertz CT molecular complexity index is 246. The predicted molar refractivity (Wildman–Crippen MR) is 85.9 cm³/mol. The van der Waals surface area contributed by atoms with E-state index in [2.05, 4.69) is 32.4 Å². The first-order valence-corrected chi connectivity index (χ1v) is 8.29. The van der Waals surface area contributed by atoms with Crippen molar-refractivity contribution >= 4 is 0 Å². The lowest BCUT2D eigenvalue weighted by Crippen LogP contribution is -2.25. The van der Waals surface area contributed by atoms with E-state index in [0.717, 1.165) is 23.7 Å². The summed E-state index contributed by atoms with van der Waals surface area (Å²) in [5.41, 5.74) is 0. The lowest BCUT2D eigenvalue weighted by atomic mass is 9.69. The van der Waals surface area contributed by atoms with Crippen LogP contribution in [0.1, 0.15) is 71.1 Å². The molecule has 0 saturated heterocycles. The minimum Gasteiger partial charge on any atom is -0.124 e. The summed E-state index contributed by atoms with van der Waals surface area (Å²) < 4.78 is 0. The molecule has 2 fully saturated rings. The topological polar surface area (TPSA) is 0 Å². The zero-order chi connectivity index (χ0) is 14.1. The third-order valence-electron chi connectivity index (χ3n) is 5.40. The van der Waals surface area contributed by atoms with E-state index in [1.165, 1.54) is 64.2 Å². The molecule has 0 aromatic carbocycles. The quantitative estimate of drug-likeness (QED) is 0.440. The number of allylic oxidation sites excluding steroid dienone is 1. The van der Waals surface area contributed by atoms with Gasteiger partial charge in [0.2, 0.25) is 0 Å². The molecule has 0 heterocycles. The second-order valence-electron chi connectivity index (χ2n) is 6.48. The summed E-state index contributed by atoms with van der Waals surface area (Å²) in [7, 11) is 0. The number of terminal acetylenes is 1. The second-order valence-corrected chi connectivity index (χ2v) is 6.48. The SMILES string of the molecule is C#C.C=CC1CCC(C2CCC(CCC)CC2)CC1. The summed E-state index contributed by atoms with van der Waals surface area (Å²) in [6.07, 6.45) is 25.0. The standard InChI is InChI=1S/C17H30.C2H2/c1-3-5-15-8-12-17(13-9-15)16-10-6-14(4-2)7-11-16;1-2/h4,14-17H,2-3,5-13H2,1H3;1-2H. The number of rotatable bonds is 4. The molecule has 0 amide bonds. The van der Waals surface area contributed by atoms with Crippen molar-refractivity contribution in [2.24, 2.45) is 23.7 Å². The predicted octanol–water partition coefficient (Wildman–Crippen LogP) is 5.83. The van der Waals surface area contributed by atoms with E-state index >= 15 is 0 Å².